The second-order valence-corrected chi connectivity index (χ2v) is 4.76. The van der Waals surface area contributed by atoms with Gasteiger partial charge in [-0.3, -0.25) is 0 Å². The summed E-state index contributed by atoms with van der Waals surface area (Å²) in [6.45, 7) is 2.97. The van der Waals surface area contributed by atoms with Crippen molar-refractivity contribution < 1.29 is 4.74 Å². The minimum atomic E-state index is 0.508. The maximum absolute atomic E-state index is 5.23. The van der Waals surface area contributed by atoms with E-state index in [0.717, 1.165) is 12.5 Å². The van der Waals surface area contributed by atoms with Gasteiger partial charge in [-0.15, -0.1) is 11.3 Å². The fourth-order valence-electron chi connectivity index (χ4n) is 1.68. The van der Waals surface area contributed by atoms with Crippen molar-refractivity contribution >= 4 is 17.0 Å². The van der Waals surface area contributed by atoms with Crippen LogP contribution in [0.2, 0.25) is 0 Å². The molecule has 1 aliphatic rings. The van der Waals surface area contributed by atoms with Crippen molar-refractivity contribution in [3.05, 3.63) is 16.3 Å². The van der Waals surface area contributed by atoms with Crippen molar-refractivity contribution in [2.24, 2.45) is 5.92 Å². The Hall–Kier alpha value is -0.540. The van der Waals surface area contributed by atoms with Crippen LogP contribution >= 0.6 is 11.3 Å². The number of hydrogen-bond acceptors (Lipinski definition) is 3. The highest BCUT2D eigenvalue weighted by atomic mass is 32.1. The predicted octanol–water partition coefficient (Wildman–Crippen LogP) is 2.89. The molecule has 0 saturated heterocycles. The Morgan fingerprint density at radius 2 is 2.36 bits per heavy atom. The van der Waals surface area contributed by atoms with Crippen LogP contribution in [-0.2, 0) is 4.74 Å². The number of anilines is 1. The third-order valence-corrected chi connectivity index (χ3v) is 3.60. The maximum Gasteiger partial charge on any atom is 0.0666 e. The van der Waals surface area contributed by atoms with Crippen LogP contribution in [0.4, 0.5) is 5.69 Å². The molecule has 1 aromatic rings. The third-order valence-electron chi connectivity index (χ3n) is 2.73. The van der Waals surface area contributed by atoms with Gasteiger partial charge in [-0.2, -0.15) is 0 Å². The van der Waals surface area contributed by atoms with Crippen molar-refractivity contribution in [1.29, 1.82) is 0 Å². The molecule has 1 fully saturated rings. The molecule has 1 atom stereocenters. The lowest BCUT2D eigenvalue weighted by molar-refractivity contribution is 0.179. The van der Waals surface area contributed by atoms with Gasteiger partial charge in [0.05, 0.1) is 12.6 Å². The van der Waals surface area contributed by atoms with Gasteiger partial charge in [0, 0.05) is 18.2 Å². The molecular weight excluding hydrogens is 194 g/mol. The quantitative estimate of drug-likeness (QED) is 0.808. The first-order valence-corrected chi connectivity index (χ1v) is 6.04. The fraction of sp³-hybridized carbons (Fsp3) is 0.636. The van der Waals surface area contributed by atoms with Gasteiger partial charge in [-0.05, 0) is 36.6 Å². The summed E-state index contributed by atoms with van der Waals surface area (Å²) in [6.07, 6.45) is 2.70. The van der Waals surface area contributed by atoms with Gasteiger partial charge >= 0.3 is 0 Å². The first kappa shape index (κ1) is 9.99. The Bertz CT molecular complexity index is 293. The van der Waals surface area contributed by atoms with E-state index in [1.54, 1.807) is 18.4 Å². The van der Waals surface area contributed by atoms with E-state index in [-0.39, 0.29) is 0 Å². The van der Waals surface area contributed by atoms with E-state index in [1.165, 1.54) is 24.1 Å². The lowest BCUT2D eigenvalue weighted by Gasteiger charge is -2.18. The molecule has 0 radical (unpaired) electrons. The molecule has 2 nitrogen and oxygen atoms in total. The molecule has 0 aliphatic heterocycles. The summed E-state index contributed by atoms with van der Waals surface area (Å²) in [7, 11) is 1.78. The van der Waals surface area contributed by atoms with Crippen LogP contribution in [0.5, 0.6) is 0 Å². The fourth-order valence-corrected chi connectivity index (χ4v) is 2.47. The first-order valence-electron chi connectivity index (χ1n) is 5.09. The average molecular weight is 211 g/mol. The summed E-state index contributed by atoms with van der Waals surface area (Å²) in [4.78, 5) is 0. The highest BCUT2D eigenvalue weighted by Gasteiger charge is 2.31. The van der Waals surface area contributed by atoms with Crippen LogP contribution in [0.15, 0.2) is 10.8 Å². The van der Waals surface area contributed by atoms with E-state index in [2.05, 4.69) is 23.0 Å². The smallest absolute Gasteiger partial charge is 0.0666 e. The van der Waals surface area contributed by atoms with Gasteiger partial charge in [-0.25, -0.2) is 0 Å². The van der Waals surface area contributed by atoms with Gasteiger partial charge < -0.3 is 10.1 Å². The molecule has 1 N–H and O–H groups in total. The molecule has 1 aliphatic carbocycles. The Kier molecular flexibility index (Phi) is 3.08. The van der Waals surface area contributed by atoms with Crippen molar-refractivity contribution in [2.75, 3.05) is 19.0 Å². The minimum Gasteiger partial charge on any atom is -0.383 e. The minimum absolute atomic E-state index is 0.508. The number of rotatable bonds is 5. The third kappa shape index (κ3) is 2.28. The van der Waals surface area contributed by atoms with Crippen molar-refractivity contribution in [3.8, 4) is 0 Å². The van der Waals surface area contributed by atoms with Crippen molar-refractivity contribution in [3.63, 3.8) is 0 Å². The molecule has 0 amide bonds. The Balaban J connectivity index is 1.96. The van der Waals surface area contributed by atoms with Crippen LogP contribution in [0.1, 0.15) is 18.4 Å². The SMILES string of the molecule is COCC(Nc1cscc1C)C1CC1. The summed E-state index contributed by atoms with van der Waals surface area (Å²) in [6, 6.07) is 0.508. The molecular formula is C11H17NOS. The lowest BCUT2D eigenvalue weighted by Crippen LogP contribution is -2.27. The maximum atomic E-state index is 5.23. The molecule has 1 aromatic heterocycles. The zero-order valence-electron chi connectivity index (χ0n) is 8.75. The number of nitrogens with one attached hydrogen (secondary N) is 1. The standard InChI is InChI=1S/C11H17NOS/c1-8-6-14-7-11(8)12-10(5-13-2)9-3-4-9/h6-7,9-10,12H,3-5H2,1-2H3. The Morgan fingerprint density at radius 1 is 1.57 bits per heavy atom. The molecule has 1 saturated carbocycles. The van der Waals surface area contributed by atoms with E-state index in [1.807, 2.05) is 0 Å². The summed E-state index contributed by atoms with van der Waals surface area (Å²) < 4.78 is 5.23. The molecule has 14 heavy (non-hydrogen) atoms. The Labute approximate surface area is 89.3 Å². The Morgan fingerprint density at radius 3 is 2.86 bits per heavy atom. The second-order valence-electron chi connectivity index (χ2n) is 4.01. The summed E-state index contributed by atoms with van der Waals surface area (Å²) >= 11 is 1.76. The van der Waals surface area contributed by atoms with Crippen LogP contribution in [0.3, 0.4) is 0 Å². The van der Waals surface area contributed by atoms with E-state index < -0.39 is 0 Å². The number of ether oxygens (including phenoxy) is 1. The molecule has 0 aromatic carbocycles. The van der Waals surface area contributed by atoms with Gasteiger partial charge in [-0.1, -0.05) is 0 Å². The lowest BCUT2D eigenvalue weighted by atomic mass is 10.2. The van der Waals surface area contributed by atoms with Gasteiger partial charge in [0.15, 0.2) is 0 Å². The summed E-state index contributed by atoms with van der Waals surface area (Å²) in [5.41, 5.74) is 2.63. The van der Waals surface area contributed by atoms with E-state index in [0.29, 0.717) is 6.04 Å². The van der Waals surface area contributed by atoms with E-state index >= 15 is 0 Å². The zero-order valence-corrected chi connectivity index (χ0v) is 9.56. The van der Waals surface area contributed by atoms with Crippen molar-refractivity contribution in [2.45, 2.75) is 25.8 Å². The van der Waals surface area contributed by atoms with Crippen LogP contribution in [0.25, 0.3) is 0 Å². The van der Waals surface area contributed by atoms with Gasteiger partial charge in [0.25, 0.3) is 0 Å². The second kappa shape index (κ2) is 4.32. The highest BCUT2D eigenvalue weighted by Crippen LogP contribution is 2.35. The van der Waals surface area contributed by atoms with Crippen LogP contribution in [-0.4, -0.2) is 19.8 Å². The molecule has 1 unspecified atom stereocenters. The van der Waals surface area contributed by atoms with Crippen LogP contribution in [0, 0.1) is 12.8 Å². The average Bonchev–Trinajstić information content (AvgIpc) is 2.93. The van der Waals surface area contributed by atoms with Gasteiger partial charge in [0.2, 0.25) is 0 Å². The van der Waals surface area contributed by atoms with Gasteiger partial charge in [0.1, 0.15) is 0 Å². The zero-order chi connectivity index (χ0) is 9.97. The summed E-state index contributed by atoms with van der Waals surface area (Å²) in [5.74, 6) is 0.828. The summed E-state index contributed by atoms with van der Waals surface area (Å²) in [5, 5.41) is 7.94. The highest BCUT2D eigenvalue weighted by molar-refractivity contribution is 7.08. The first-order chi connectivity index (χ1) is 6.81. The monoisotopic (exact) mass is 211 g/mol. The molecule has 78 valence electrons. The number of thiophene rings is 1. The van der Waals surface area contributed by atoms with Crippen molar-refractivity contribution in [1.82, 2.24) is 0 Å². The van der Waals surface area contributed by atoms with E-state index in [4.69, 9.17) is 4.74 Å². The molecule has 1 heterocycles. The molecule has 3 heteroatoms. The van der Waals surface area contributed by atoms with E-state index in [9.17, 15) is 0 Å². The predicted molar refractivity (Wildman–Crippen MR) is 61.1 cm³/mol. The normalized spacial score (nSPS) is 18.1. The van der Waals surface area contributed by atoms with Crippen LogP contribution < -0.4 is 5.32 Å². The number of methoxy groups -OCH3 is 1. The number of aryl methyl sites for hydroxylation is 1. The molecule has 2 rings (SSSR count). The molecule has 0 bridgehead atoms. The largest absolute Gasteiger partial charge is 0.383 e. The number of hydrogen-bond donors (Lipinski definition) is 1. The molecule has 0 spiro atoms. The topological polar surface area (TPSA) is 21.3 Å².